The molecule has 11 heteroatoms. The van der Waals surface area contributed by atoms with Crippen LogP contribution >= 0.6 is 11.6 Å². The van der Waals surface area contributed by atoms with Crippen molar-refractivity contribution in [3.05, 3.63) is 81.5 Å². The number of aromatic carboxylic acids is 1. The molecule has 0 amide bonds. The molecular formula is C20H14ClF3N4O3. The number of rotatable bonds is 5. The number of benzene rings is 2. The Morgan fingerprint density at radius 2 is 1.90 bits per heavy atom. The van der Waals surface area contributed by atoms with E-state index in [0.717, 1.165) is 6.20 Å². The summed E-state index contributed by atoms with van der Waals surface area (Å²) in [4.78, 5) is 24.5. The van der Waals surface area contributed by atoms with E-state index in [-0.39, 0.29) is 17.8 Å². The molecule has 31 heavy (non-hydrogen) atoms. The molecule has 7 nitrogen and oxygen atoms in total. The number of hydrogen-bond donors (Lipinski definition) is 1. The lowest BCUT2D eigenvalue weighted by molar-refractivity contribution is -0.142. The fraction of sp³-hybridized carbons (Fsp3) is 0.150. The standard InChI is InChI=1S/C20H14ClF3N4O3/c21-14-4-5-16-17(7-14)28(15-8-25-26(10-15)11-20(22,23)24)19(31)27(16)9-12-2-1-3-13(6-12)18(29)30/h1-8,10H,9,11H2,(H,29,30). The van der Waals surface area contributed by atoms with E-state index >= 15 is 0 Å². The third-order valence-corrected chi connectivity index (χ3v) is 4.86. The Morgan fingerprint density at radius 3 is 2.61 bits per heavy atom. The van der Waals surface area contributed by atoms with Gasteiger partial charge in [-0.25, -0.2) is 9.59 Å². The molecule has 0 spiro atoms. The number of carboxylic acid groups (broad SMARTS) is 1. The topological polar surface area (TPSA) is 82.0 Å². The van der Waals surface area contributed by atoms with Crippen molar-refractivity contribution >= 4 is 28.6 Å². The number of fused-ring (bicyclic) bond motifs is 1. The molecule has 0 bridgehead atoms. The summed E-state index contributed by atoms with van der Waals surface area (Å²) in [6.07, 6.45) is -2.16. The zero-order valence-electron chi connectivity index (χ0n) is 15.7. The number of carbonyl (C=O) groups is 1. The highest BCUT2D eigenvalue weighted by molar-refractivity contribution is 6.31. The van der Waals surface area contributed by atoms with Gasteiger partial charge in [-0.2, -0.15) is 18.3 Å². The maximum Gasteiger partial charge on any atom is 0.408 e. The van der Waals surface area contributed by atoms with E-state index in [9.17, 15) is 27.9 Å². The molecule has 4 aromatic rings. The van der Waals surface area contributed by atoms with E-state index in [4.69, 9.17) is 11.6 Å². The van der Waals surface area contributed by atoms with Gasteiger partial charge in [0, 0.05) is 11.2 Å². The van der Waals surface area contributed by atoms with E-state index in [1.165, 1.54) is 33.5 Å². The summed E-state index contributed by atoms with van der Waals surface area (Å²) >= 11 is 6.09. The van der Waals surface area contributed by atoms with Gasteiger partial charge in [0.05, 0.1) is 35.0 Å². The highest BCUT2D eigenvalue weighted by Crippen LogP contribution is 2.23. The van der Waals surface area contributed by atoms with E-state index in [1.54, 1.807) is 24.3 Å². The van der Waals surface area contributed by atoms with Gasteiger partial charge < -0.3 is 5.11 Å². The molecule has 160 valence electrons. The molecule has 0 aliphatic carbocycles. The van der Waals surface area contributed by atoms with E-state index in [0.29, 0.717) is 26.3 Å². The Morgan fingerprint density at radius 1 is 1.13 bits per heavy atom. The molecule has 0 fully saturated rings. The molecule has 2 heterocycles. The van der Waals surface area contributed by atoms with E-state index < -0.39 is 24.4 Å². The number of aromatic nitrogens is 4. The molecule has 1 N–H and O–H groups in total. The van der Waals surface area contributed by atoms with Crippen LogP contribution < -0.4 is 5.69 Å². The third-order valence-electron chi connectivity index (χ3n) is 4.63. The summed E-state index contributed by atoms with van der Waals surface area (Å²) in [5.41, 5.74) is 1.15. The summed E-state index contributed by atoms with van der Waals surface area (Å²) in [5.74, 6) is -1.10. The fourth-order valence-corrected chi connectivity index (χ4v) is 3.52. The second-order valence-corrected chi connectivity index (χ2v) is 7.29. The van der Waals surface area contributed by atoms with Crippen molar-refractivity contribution in [3.63, 3.8) is 0 Å². The largest absolute Gasteiger partial charge is 0.478 e. The van der Waals surface area contributed by atoms with E-state index in [1.807, 2.05) is 0 Å². The van der Waals surface area contributed by atoms with Gasteiger partial charge in [0.1, 0.15) is 6.54 Å². The van der Waals surface area contributed by atoms with Crippen LogP contribution in [-0.4, -0.2) is 36.2 Å². The van der Waals surface area contributed by atoms with Gasteiger partial charge in [0.15, 0.2) is 0 Å². The van der Waals surface area contributed by atoms with Gasteiger partial charge in [-0.05, 0) is 35.9 Å². The van der Waals surface area contributed by atoms with E-state index in [2.05, 4.69) is 5.10 Å². The summed E-state index contributed by atoms with van der Waals surface area (Å²) in [6, 6.07) is 10.9. The SMILES string of the molecule is O=C(O)c1cccc(Cn2c(=O)n(-c3cnn(CC(F)(F)F)c3)c3cc(Cl)ccc32)c1. The lowest BCUT2D eigenvalue weighted by Crippen LogP contribution is -2.23. The molecule has 2 aromatic heterocycles. The number of hydrogen-bond acceptors (Lipinski definition) is 3. The zero-order chi connectivity index (χ0) is 22.3. The van der Waals surface area contributed by atoms with Crippen LogP contribution in [0, 0.1) is 0 Å². The number of carboxylic acids is 1. The van der Waals surface area contributed by atoms with Crippen LogP contribution in [0.15, 0.2) is 59.7 Å². The van der Waals surface area contributed by atoms with Crippen molar-refractivity contribution in [2.75, 3.05) is 0 Å². The smallest absolute Gasteiger partial charge is 0.408 e. The normalized spacial score (nSPS) is 11.9. The van der Waals surface area contributed by atoms with Gasteiger partial charge in [-0.1, -0.05) is 23.7 Å². The van der Waals surface area contributed by atoms with Crippen LogP contribution in [0.1, 0.15) is 15.9 Å². The first-order valence-electron chi connectivity index (χ1n) is 8.95. The molecule has 2 aromatic carbocycles. The third kappa shape index (κ3) is 4.19. The summed E-state index contributed by atoms with van der Waals surface area (Å²) in [7, 11) is 0. The predicted octanol–water partition coefficient (Wildman–Crippen LogP) is 3.95. The zero-order valence-corrected chi connectivity index (χ0v) is 16.4. The van der Waals surface area contributed by atoms with Crippen LogP contribution in [0.4, 0.5) is 13.2 Å². The van der Waals surface area contributed by atoms with Crippen molar-refractivity contribution in [1.82, 2.24) is 18.9 Å². The van der Waals surface area contributed by atoms with Crippen LogP contribution in [0.3, 0.4) is 0 Å². The monoisotopic (exact) mass is 450 g/mol. The minimum Gasteiger partial charge on any atom is -0.478 e. The van der Waals surface area contributed by atoms with Gasteiger partial charge in [0.2, 0.25) is 0 Å². The lowest BCUT2D eigenvalue weighted by Gasteiger charge is -2.05. The highest BCUT2D eigenvalue weighted by Gasteiger charge is 2.28. The summed E-state index contributed by atoms with van der Waals surface area (Å²) in [5, 5.41) is 13.2. The number of nitrogens with zero attached hydrogens (tertiary/aromatic N) is 4. The highest BCUT2D eigenvalue weighted by atomic mass is 35.5. The maximum atomic E-state index is 13.2. The second kappa shape index (κ2) is 7.62. The average Bonchev–Trinajstić information content (AvgIpc) is 3.22. The van der Waals surface area contributed by atoms with Crippen LogP contribution in [-0.2, 0) is 13.1 Å². The Kier molecular flexibility index (Phi) is 5.10. The molecule has 0 saturated heterocycles. The van der Waals surface area contributed by atoms with Gasteiger partial charge in [-0.15, -0.1) is 0 Å². The average molecular weight is 451 g/mol. The quantitative estimate of drug-likeness (QED) is 0.499. The molecule has 0 atom stereocenters. The molecule has 0 unspecified atom stereocenters. The Labute approximate surface area is 177 Å². The lowest BCUT2D eigenvalue weighted by atomic mass is 10.1. The maximum absolute atomic E-state index is 13.2. The first-order valence-corrected chi connectivity index (χ1v) is 9.33. The van der Waals surface area contributed by atoms with Crippen molar-refractivity contribution in [2.45, 2.75) is 19.3 Å². The second-order valence-electron chi connectivity index (χ2n) is 6.85. The molecule has 0 aliphatic rings. The minimum absolute atomic E-state index is 0.0573. The van der Waals surface area contributed by atoms with Crippen molar-refractivity contribution in [2.24, 2.45) is 0 Å². The summed E-state index contributed by atoms with van der Waals surface area (Å²) < 4.78 is 41.4. The molecule has 4 rings (SSSR count). The number of imidazole rings is 1. The van der Waals surface area contributed by atoms with Crippen molar-refractivity contribution in [3.8, 4) is 5.69 Å². The van der Waals surface area contributed by atoms with Crippen LogP contribution in [0.25, 0.3) is 16.7 Å². The molecular weight excluding hydrogens is 437 g/mol. The van der Waals surface area contributed by atoms with Crippen LogP contribution in [0.5, 0.6) is 0 Å². The fourth-order valence-electron chi connectivity index (χ4n) is 3.36. The van der Waals surface area contributed by atoms with Gasteiger partial charge >= 0.3 is 17.8 Å². The number of alkyl halides is 3. The Bertz CT molecular complexity index is 1350. The van der Waals surface area contributed by atoms with Crippen LogP contribution in [0.2, 0.25) is 5.02 Å². The van der Waals surface area contributed by atoms with Crippen molar-refractivity contribution < 1.29 is 23.1 Å². The molecule has 0 aliphatic heterocycles. The Balaban J connectivity index is 1.84. The molecule has 0 radical (unpaired) electrons. The minimum atomic E-state index is -4.46. The first-order chi connectivity index (χ1) is 14.6. The Hall–Kier alpha value is -3.53. The first kappa shape index (κ1) is 20.7. The van der Waals surface area contributed by atoms with Gasteiger partial charge in [0.25, 0.3) is 0 Å². The predicted molar refractivity (Wildman–Crippen MR) is 107 cm³/mol. The van der Waals surface area contributed by atoms with Gasteiger partial charge in [-0.3, -0.25) is 13.8 Å². The van der Waals surface area contributed by atoms with Crippen molar-refractivity contribution in [1.29, 1.82) is 0 Å². The number of halogens is 4. The molecule has 0 saturated carbocycles. The summed E-state index contributed by atoms with van der Waals surface area (Å²) in [6.45, 7) is -1.23.